The van der Waals surface area contributed by atoms with E-state index in [2.05, 4.69) is 68.6 Å². The third kappa shape index (κ3) is 3.15. The van der Waals surface area contributed by atoms with Crippen LogP contribution in [0.2, 0.25) is 0 Å². The van der Waals surface area contributed by atoms with Gasteiger partial charge in [-0.25, -0.2) is 9.97 Å². The number of aromatic nitrogens is 2. The molecule has 1 aromatic heterocycles. The Morgan fingerprint density at radius 3 is 2.59 bits per heavy atom. The van der Waals surface area contributed by atoms with Crippen LogP contribution in [-0.4, -0.2) is 17.0 Å². The molecule has 0 bridgehead atoms. The standard InChI is InChI=1S/C13H14IN3/c1-10-3-5-11(6-4-10)8-17(2)13-12(14)7-15-9-16-13/h3-7,9H,8H2,1-2H3. The lowest BCUT2D eigenvalue weighted by Crippen LogP contribution is -2.18. The third-order valence-electron chi connectivity index (χ3n) is 2.55. The zero-order valence-corrected chi connectivity index (χ0v) is 12.0. The van der Waals surface area contributed by atoms with Crippen molar-refractivity contribution in [1.29, 1.82) is 0 Å². The molecule has 0 aliphatic heterocycles. The van der Waals surface area contributed by atoms with Crippen LogP contribution in [0.1, 0.15) is 11.1 Å². The number of hydrogen-bond acceptors (Lipinski definition) is 3. The van der Waals surface area contributed by atoms with E-state index in [-0.39, 0.29) is 0 Å². The highest BCUT2D eigenvalue weighted by molar-refractivity contribution is 14.1. The van der Waals surface area contributed by atoms with Gasteiger partial charge in [0.2, 0.25) is 0 Å². The Morgan fingerprint density at radius 2 is 1.94 bits per heavy atom. The molecule has 0 amide bonds. The van der Waals surface area contributed by atoms with Crippen molar-refractivity contribution in [1.82, 2.24) is 9.97 Å². The van der Waals surface area contributed by atoms with Crippen LogP contribution in [0.4, 0.5) is 5.82 Å². The number of benzene rings is 1. The van der Waals surface area contributed by atoms with Gasteiger partial charge in [-0.05, 0) is 35.1 Å². The largest absolute Gasteiger partial charge is 0.354 e. The molecule has 2 aromatic rings. The van der Waals surface area contributed by atoms with Gasteiger partial charge in [0, 0.05) is 19.8 Å². The van der Waals surface area contributed by atoms with E-state index >= 15 is 0 Å². The van der Waals surface area contributed by atoms with Gasteiger partial charge < -0.3 is 4.90 Å². The van der Waals surface area contributed by atoms with Crippen molar-refractivity contribution < 1.29 is 0 Å². The van der Waals surface area contributed by atoms with Crippen LogP contribution in [-0.2, 0) is 6.54 Å². The first kappa shape index (κ1) is 12.3. The first-order chi connectivity index (χ1) is 8.16. The number of hydrogen-bond donors (Lipinski definition) is 0. The van der Waals surface area contributed by atoms with Gasteiger partial charge in [-0.3, -0.25) is 0 Å². The van der Waals surface area contributed by atoms with Crippen molar-refractivity contribution in [2.24, 2.45) is 0 Å². The van der Waals surface area contributed by atoms with Crippen LogP contribution in [0.25, 0.3) is 0 Å². The molecule has 1 heterocycles. The van der Waals surface area contributed by atoms with Gasteiger partial charge in [0.1, 0.15) is 12.1 Å². The normalized spacial score (nSPS) is 10.3. The lowest BCUT2D eigenvalue weighted by Gasteiger charge is -2.19. The lowest BCUT2D eigenvalue weighted by atomic mass is 10.1. The number of rotatable bonds is 3. The zero-order valence-electron chi connectivity index (χ0n) is 9.89. The molecular weight excluding hydrogens is 325 g/mol. The zero-order chi connectivity index (χ0) is 12.3. The maximum atomic E-state index is 4.30. The second kappa shape index (κ2) is 5.44. The van der Waals surface area contributed by atoms with E-state index in [0.717, 1.165) is 15.9 Å². The monoisotopic (exact) mass is 339 g/mol. The molecule has 88 valence electrons. The first-order valence-corrected chi connectivity index (χ1v) is 6.47. The maximum Gasteiger partial charge on any atom is 0.145 e. The summed E-state index contributed by atoms with van der Waals surface area (Å²) in [5, 5.41) is 0. The summed E-state index contributed by atoms with van der Waals surface area (Å²) in [6.07, 6.45) is 3.41. The summed E-state index contributed by atoms with van der Waals surface area (Å²) in [6.45, 7) is 2.95. The third-order valence-corrected chi connectivity index (χ3v) is 3.31. The fourth-order valence-electron chi connectivity index (χ4n) is 1.63. The molecule has 0 spiro atoms. The molecule has 17 heavy (non-hydrogen) atoms. The Balaban J connectivity index is 2.14. The highest BCUT2D eigenvalue weighted by Crippen LogP contribution is 2.18. The van der Waals surface area contributed by atoms with Crippen molar-refractivity contribution in [3.63, 3.8) is 0 Å². The predicted molar refractivity (Wildman–Crippen MR) is 78.0 cm³/mol. The van der Waals surface area contributed by atoms with Gasteiger partial charge in [-0.15, -0.1) is 0 Å². The van der Waals surface area contributed by atoms with E-state index in [1.54, 1.807) is 6.33 Å². The number of halogens is 1. The summed E-state index contributed by atoms with van der Waals surface area (Å²) >= 11 is 2.26. The second-order valence-electron chi connectivity index (χ2n) is 4.04. The Kier molecular flexibility index (Phi) is 3.93. The van der Waals surface area contributed by atoms with Gasteiger partial charge >= 0.3 is 0 Å². The molecule has 0 N–H and O–H groups in total. The fourth-order valence-corrected chi connectivity index (χ4v) is 2.34. The van der Waals surface area contributed by atoms with Crippen LogP contribution in [0, 0.1) is 10.5 Å². The summed E-state index contributed by atoms with van der Waals surface area (Å²) < 4.78 is 1.07. The van der Waals surface area contributed by atoms with Crippen molar-refractivity contribution in [3.05, 3.63) is 51.5 Å². The second-order valence-corrected chi connectivity index (χ2v) is 5.20. The van der Waals surface area contributed by atoms with Crippen LogP contribution in [0.5, 0.6) is 0 Å². The van der Waals surface area contributed by atoms with Gasteiger partial charge in [-0.1, -0.05) is 29.8 Å². The summed E-state index contributed by atoms with van der Waals surface area (Å²) in [5.74, 6) is 0.973. The molecule has 0 radical (unpaired) electrons. The Hall–Kier alpha value is -1.17. The summed E-state index contributed by atoms with van der Waals surface area (Å²) in [7, 11) is 2.05. The van der Waals surface area contributed by atoms with Gasteiger partial charge in [-0.2, -0.15) is 0 Å². The summed E-state index contributed by atoms with van der Waals surface area (Å²) in [5.41, 5.74) is 2.57. The lowest BCUT2D eigenvalue weighted by molar-refractivity contribution is 0.885. The number of anilines is 1. The molecule has 0 unspecified atom stereocenters. The summed E-state index contributed by atoms with van der Waals surface area (Å²) in [4.78, 5) is 10.4. The van der Waals surface area contributed by atoms with E-state index in [1.807, 2.05) is 13.2 Å². The average Bonchev–Trinajstić information content (AvgIpc) is 2.32. The minimum atomic E-state index is 0.854. The van der Waals surface area contributed by atoms with E-state index in [4.69, 9.17) is 0 Å². The maximum absolute atomic E-state index is 4.30. The SMILES string of the molecule is Cc1ccc(CN(C)c2ncncc2I)cc1. The van der Waals surface area contributed by atoms with E-state index in [9.17, 15) is 0 Å². The minimum Gasteiger partial charge on any atom is -0.354 e. The molecule has 0 aliphatic rings. The quantitative estimate of drug-likeness (QED) is 0.805. The van der Waals surface area contributed by atoms with Crippen LogP contribution in [0.15, 0.2) is 36.8 Å². The van der Waals surface area contributed by atoms with Crippen molar-refractivity contribution in [2.45, 2.75) is 13.5 Å². The molecule has 4 heteroatoms. The highest BCUT2D eigenvalue weighted by Gasteiger charge is 2.07. The molecule has 2 rings (SSSR count). The summed E-state index contributed by atoms with van der Waals surface area (Å²) in [6, 6.07) is 8.57. The van der Waals surface area contributed by atoms with E-state index < -0.39 is 0 Å². The first-order valence-electron chi connectivity index (χ1n) is 5.39. The molecule has 0 atom stereocenters. The topological polar surface area (TPSA) is 29.0 Å². The van der Waals surface area contributed by atoms with Crippen LogP contribution in [0.3, 0.4) is 0 Å². The number of aryl methyl sites for hydroxylation is 1. The Morgan fingerprint density at radius 1 is 1.24 bits per heavy atom. The molecule has 0 fully saturated rings. The van der Waals surface area contributed by atoms with Gasteiger partial charge in [0.05, 0.1) is 3.57 Å². The predicted octanol–water partition coefficient (Wildman–Crippen LogP) is 3.03. The molecule has 0 aliphatic carbocycles. The van der Waals surface area contributed by atoms with Crippen LogP contribution < -0.4 is 4.90 Å². The van der Waals surface area contributed by atoms with E-state index in [0.29, 0.717) is 0 Å². The van der Waals surface area contributed by atoms with E-state index in [1.165, 1.54) is 11.1 Å². The van der Waals surface area contributed by atoms with Gasteiger partial charge in [0.15, 0.2) is 0 Å². The highest BCUT2D eigenvalue weighted by atomic mass is 127. The Labute approximate surface area is 115 Å². The molecule has 0 saturated heterocycles. The number of nitrogens with zero attached hydrogens (tertiary/aromatic N) is 3. The molecule has 1 aromatic carbocycles. The minimum absolute atomic E-state index is 0.854. The smallest absolute Gasteiger partial charge is 0.145 e. The van der Waals surface area contributed by atoms with Gasteiger partial charge in [0.25, 0.3) is 0 Å². The molecular formula is C13H14IN3. The van der Waals surface area contributed by atoms with Crippen molar-refractivity contribution in [2.75, 3.05) is 11.9 Å². The van der Waals surface area contributed by atoms with Crippen LogP contribution >= 0.6 is 22.6 Å². The molecule has 3 nitrogen and oxygen atoms in total. The average molecular weight is 339 g/mol. The van der Waals surface area contributed by atoms with Crippen molar-refractivity contribution in [3.8, 4) is 0 Å². The Bertz CT molecular complexity index is 496. The fraction of sp³-hybridized carbons (Fsp3) is 0.231. The van der Waals surface area contributed by atoms with Crippen molar-refractivity contribution >= 4 is 28.4 Å². The molecule has 0 saturated carbocycles.